The summed E-state index contributed by atoms with van der Waals surface area (Å²) in [7, 11) is 1.61. The largest absolute Gasteiger partial charge is 0.497 e. The normalized spacial score (nSPS) is 13.7. The third-order valence-corrected chi connectivity index (χ3v) is 4.20. The van der Waals surface area contributed by atoms with Gasteiger partial charge >= 0.3 is 6.03 Å². The number of carbonyl (C=O) groups is 1. The number of hydrogen-bond acceptors (Lipinski definition) is 5. The van der Waals surface area contributed by atoms with Crippen molar-refractivity contribution in [2.24, 2.45) is 0 Å². The highest BCUT2D eigenvalue weighted by atomic mass is 16.5. The summed E-state index contributed by atoms with van der Waals surface area (Å²) >= 11 is 0. The number of ether oxygens (including phenoxy) is 3. The third-order valence-electron chi connectivity index (χ3n) is 4.20. The molecule has 2 aromatic rings. The third kappa shape index (κ3) is 5.52. The molecular weight excluding hydrogens is 346 g/mol. The molecule has 0 aliphatic carbocycles. The standard InChI is InChI=1S/C20H25N3O4/c1-25-16-5-4-6-17(15-16)27-12-9-21-20(24)22-18-7-2-3-8-19(18)23-10-13-26-14-11-23/h2-8,15H,9-14H2,1H3,(H2,21,22,24). The van der Waals surface area contributed by atoms with Crippen LogP contribution < -0.4 is 25.0 Å². The highest BCUT2D eigenvalue weighted by Crippen LogP contribution is 2.26. The molecule has 2 N–H and O–H groups in total. The van der Waals surface area contributed by atoms with Crippen LogP contribution in [0.5, 0.6) is 11.5 Å². The first kappa shape index (κ1) is 18.8. The van der Waals surface area contributed by atoms with E-state index in [1.807, 2.05) is 42.5 Å². The first-order valence-corrected chi connectivity index (χ1v) is 8.99. The first-order valence-electron chi connectivity index (χ1n) is 8.99. The van der Waals surface area contributed by atoms with Crippen molar-refractivity contribution in [1.82, 2.24) is 5.32 Å². The van der Waals surface area contributed by atoms with Crippen molar-refractivity contribution >= 4 is 17.4 Å². The summed E-state index contributed by atoms with van der Waals surface area (Å²) in [4.78, 5) is 14.4. The summed E-state index contributed by atoms with van der Waals surface area (Å²) in [6, 6.07) is 14.9. The van der Waals surface area contributed by atoms with Gasteiger partial charge in [-0.3, -0.25) is 0 Å². The van der Waals surface area contributed by atoms with E-state index in [1.54, 1.807) is 13.2 Å². The Bertz CT molecular complexity index is 748. The Kier molecular flexibility index (Phi) is 6.76. The SMILES string of the molecule is COc1cccc(OCCNC(=O)Nc2ccccc2N2CCOCC2)c1. The lowest BCUT2D eigenvalue weighted by atomic mass is 10.2. The Morgan fingerprint density at radius 3 is 2.70 bits per heavy atom. The van der Waals surface area contributed by atoms with Gasteiger partial charge in [0.1, 0.15) is 18.1 Å². The number of hydrogen-bond donors (Lipinski definition) is 2. The molecule has 0 aromatic heterocycles. The van der Waals surface area contributed by atoms with Gasteiger partial charge in [-0.15, -0.1) is 0 Å². The van der Waals surface area contributed by atoms with E-state index in [-0.39, 0.29) is 6.03 Å². The van der Waals surface area contributed by atoms with Crippen molar-refractivity contribution in [2.75, 3.05) is 56.8 Å². The van der Waals surface area contributed by atoms with Gasteiger partial charge in [-0.1, -0.05) is 18.2 Å². The van der Waals surface area contributed by atoms with Crippen LogP contribution in [0.15, 0.2) is 48.5 Å². The van der Waals surface area contributed by atoms with Crippen LogP contribution >= 0.6 is 0 Å². The van der Waals surface area contributed by atoms with E-state index < -0.39 is 0 Å². The van der Waals surface area contributed by atoms with Crippen molar-refractivity contribution in [2.45, 2.75) is 0 Å². The van der Waals surface area contributed by atoms with Crippen molar-refractivity contribution < 1.29 is 19.0 Å². The molecule has 0 radical (unpaired) electrons. The molecule has 7 heteroatoms. The second kappa shape index (κ2) is 9.68. The maximum Gasteiger partial charge on any atom is 0.319 e. The van der Waals surface area contributed by atoms with Gasteiger partial charge in [0.15, 0.2) is 0 Å². The molecule has 2 amide bonds. The van der Waals surface area contributed by atoms with Crippen LogP contribution in [-0.4, -0.2) is 52.6 Å². The Morgan fingerprint density at radius 1 is 1.11 bits per heavy atom. The monoisotopic (exact) mass is 371 g/mol. The van der Waals surface area contributed by atoms with Crippen LogP contribution in [0.3, 0.4) is 0 Å². The zero-order valence-corrected chi connectivity index (χ0v) is 15.4. The van der Waals surface area contributed by atoms with E-state index in [1.165, 1.54) is 0 Å². The number of carbonyl (C=O) groups excluding carboxylic acids is 1. The number of nitrogens with one attached hydrogen (secondary N) is 2. The number of methoxy groups -OCH3 is 1. The maximum absolute atomic E-state index is 12.2. The minimum Gasteiger partial charge on any atom is -0.497 e. The molecule has 0 spiro atoms. The minimum absolute atomic E-state index is 0.259. The van der Waals surface area contributed by atoms with E-state index in [9.17, 15) is 4.79 Å². The zero-order chi connectivity index (χ0) is 18.9. The fraction of sp³-hybridized carbons (Fsp3) is 0.350. The second-order valence-electron chi connectivity index (χ2n) is 6.02. The molecule has 0 atom stereocenters. The number of anilines is 2. The summed E-state index contributed by atoms with van der Waals surface area (Å²) in [5.74, 6) is 1.44. The number of para-hydroxylation sites is 2. The number of benzene rings is 2. The average molecular weight is 371 g/mol. The summed E-state index contributed by atoms with van der Waals surface area (Å²) < 4.78 is 16.2. The Hall–Kier alpha value is -2.93. The number of morpholine rings is 1. The molecule has 1 saturated heterocycles. The van der Waals surface area contributed by atoms with Crippen LogP contribution in [0.2, 0.25) is 0 Å². The van der Waals surface area contributed by atoms with Crippen LogP contribution in [0.4, 0.5) is 16.2 Å². The summed E-state index contributed by atoms with van der Waals surface area (Å²) in [5, 5.41) is 5.73. The molecule has 144 valence electrons. The molecule has 3 rings (SSSR count). The van der Waals surface area contributed by atoms with Gasteiger partial charge < -0.3 is 29.7 Å². The molecule has 1 aliphatic heterocycles. The zero-order valence-electron chi connectivity index (χ0n) is 15.4. The van der Waals surface area contributed by atoms with Crippen LogP contribution in [0, 0.1) is 0 Å². The van der Waals surface area contributed by atoms with Gasteiger partial charge in [0.25, 0.3) is 0 Å². The lowest BCUT2D eigenvalue weighted by Crippen LogP contribution is -2.37. The lowest BCUT2D eigenvalue weighted by molar-refractivity contribution is 0.123. The molecule has 27 heavy (non-hydrogen) atoms. The maximum atomic E-state index is 12.2. The number of urea groups is 1. The summed E-state index contributed by atoms with van der Waals surface area (Å²) in [5.41, 5.74) is 1.79. The fourth-order valence-corrected chi connectivity index (χ4v) is 2.85. The molecular formula is C20H25N3O4. The van der Waals surface area contributed by atoms with Crippen molar-refractivity contribution in [3.63, 3.8) is 0 Å². The molecule has 1 heterocycles. The number of rotatable bonds is 7. The number of amides is 2. The molecule has 0 unspecified atom stereocenters. The van der Waals surface area contributed by atoms with E-state index >= 15 is 0 Å². The fourth-order valence-electron chi connectivity index (χ4n) is 2.85. The van der Waals surface area contributed by atoms with Crippen molar-refractivity contribution in [3.8, 4) is 11.5 Å². The topological polar surface area (TPSA) is 72.1 Å². The average Bonchev–Trinajstić information content (AvgIpc) is 2.72. The summed E-state index contributed by atoms with van der Waals surface area (Å²) in [6.07, 6.45) is 0. The summed E-state index contributed by atoms with van der Waals surface area (Å²) in [6.45, 7) is 3.78. The van der Waals surface area contributed by atoms with Crippen molar-refractivity contribution in [1.29, 1.82) is 0 Å². The highest BCUT2D eigenvalue weighted by molar-refractivity contribution is 5.93. The second-order valence-corrected chi connectivity index (χ2v) is 6.02. The highest BCUT2D eigenvalue weighted by Gasteiger charge is 2.15. The quantitative estimate of drug-likeness (QED) is 0.733. The smallest absolute Gasteiger partial charge is 0.319 e. The van der Waals surface area contributed by atoms with E-state index in [0.717, 1.165) is 30.2 Å². The van der Waals surface area contributed by atoms with Crippen LogP contribution in [0.25, 0.3) is 0 Å². The first-order chi connectivity index (χ1) is 13.3. The van der Waals surface area contributed by atoms with Gasteiger partial charge in [-0.25, -0.2) is 4.79 Å². The molecule has 1 aliphatic rings. The van der Waals surface area contributed by atoms with Gasteiger partial charge in [0, 0.05) is 19.2 Å². The Balaban J connectivity index is 1.46. The molecule has 0 bridgehead atoms. The predicted molar refractivity (Wildman–Crippen MR) is 105 cm³/mol. The molecule has 2 aromatic carbocycles. The van der Waals surface area contributed by atoms with Gasteiger partial charge in [0.2, 0.25) is 0 Å². The minimum atomic E-state index is -0.259. The molecule has 1 fully saturated rings. The van der Waals surface area contributed by atoms with E-state index in [4.69, 9.17) is 14.2 Å². The van der Waals surface area contributed by atoms with Gasteiger partial charge in [-0.05, 0) is 24.3 Å². The van der Waals surface area contributed by atoms with Crippen LogP contribution in [0.1, 0.15) is 0 Å². The lowest BCUT2D eigenvalue weighted by Gasteiger charge is -2.30. The molecule has 7 nitrogen and oxygen atoms in total. The predicted octanol–water partition coefficient (Wildman–Crippen LogP) is 2.73. The molecule has 0 saturated carbocycles. The van der Waals surface area contributed by atoms with Crippen molar-refractivity contribution in [3.05, 3.63) is 48.5 Å². The van der Waals surface area contributed by atoms with Gasteiger partial charge in [-0.2, -0.15) is 0 Å². The van der Waals surface area contributed by atoms with E-state index in [0.29, 0.717) is 32.1 Å². The Labute approximate surface area is 159 Å². The van der Waals surface area contributed by atoms with E-state index in [2.05, 4.69) is 15.5 Å². The Morgan fingerprint density at radius 2 is 1.89 bits per heavy atom. The number of nitrogens with zero attached hydrogens (tertiary/aromatic N) is 1. The van der Waals surface area contributed by atoms with Gasteiger partial charge in [0.05, 0.1) is 38.2 Å². The van der Waals surface area contributed by atoms with Crippen LogP contribution in [-0.2, 0) is 4.74 Å².